The molecular weight excluding hydrogens is 593 g/mol. The summed E-state index contributed by atoms with van der Waals surface area (Å²) in [4.78, 5) is 20.6. The molecule has 3 aliphatic heterocycles. The number of carbonyl (C=O) groups is 1. The molecule has 0 N–H and O–H groups in total. The number of rotatable bonds is 2. The number of allylic oxidation sites excluding steroid dienone is 4. The van der Waals surface area contributed by atoms with Crippen molar-refractivity contribution in [3.8, 4) is 0 Å². The molecule has 0 amide bonds. The number of thioether (sulfide) groups is 1. The van der Waals surface area contributed by atoms with E-state index in [-0.39, 0.29) is 27.9 Å². The minimum absolute atomic E-state index is 0.0487. The Balaban J connectivity index is 1.17. The van der Waals surface area contributed by atoms with E-state index < -0.39 is 0 Å². The van der Waals surface area contributed by atoms with Crippen molar-refractivity contribution in [1.29, 1.82) is 0 Å². The van der Waals surface area contributed by atoms with Crippen LogP contribution in [-0.2, 0) is 10.8 Å². The second kappa shape index (κ2) is 10.2. The van der Waals surface area contributed by atoms with Crippen molar-refractivity contribution in [2.75, 3.05) is 9.80 Å². The van der Waals surface area contributed by atoms with Crippen LogP contribution in [0.3, 0.4) is 0 Å². The maximum absolute atomic E-state index is 14.7. The second-order valence-electron chi connectivity index (χ2n) is 14.4. The van der Waals surface area contributed by atoms with Crippen molar-refractivity contribution >= 4 is 40.3 Å². The van der Waals surface area contributed by atoms with E-state index in [0.29, 0.717) is 0 Å². The zero-order chi connectivity index (χ0) is 32.1. The molecule has 2 unspecified atom stereocenters. The van der Waals surface area contributed by atoms with Crippen LogP contribution in [0.2, 0.25) is 0 Å². The molecule has 2 atom stereocenters. The maximum atomic E-state index is 14.7. The third-order valence-corrected chi connectivity index (χ3v) is 12.4. The number of Topliss-reactive ketones (excluding diaryl/α,β-unsaturated/α-hetero) is 1. The number of fused-ring (bicyclic) bond motifs is 6. The second-order valence-corrected chi connectivity index (χ2v) is 15.6. The highest BCUT2D eigenvalue weighted by molar-refractivity contribution is 8.00. The average molecular weight is 631 g/mol. The van der Waals surface area contributed by atoms with Crippen molar-refractivity contribution < 1.29 is 4.79 Å². The number of ketones is 1. The fourth-order valence-corrected chi connectivity index (χ4v) is 10.1. The van der Waals surface area contributed by atoms with E-state index in [1.54, 1.807) is 0 Å². The largest absolute Gasteiger partial charge is 0.334 e. The lowest BCUT2D eigenvalue weighted by atomic mass is 9.68. The molecule has 9 rings (SSSR count). The zero-order valence-corrected chi connectivity index (χ0v) is 28.1. The zero-order valence-electron chi connectivity index (χ0n) is 27.3. The monoisotopic (exact) mass is 630 g/mol. The fraction of sp³-hybridized carbons (Fsp3) is 0.233. The summed E-state index contributed by atoms with van der Waals surface area (Å²) in [5, 5.41) is 0.0557. The Morgan fingerprint density at radius 2 is 1.36 bits per heavy atom. The van der Waals surface area contributed by atoms with E-state index >= 15 is 0 Å². The molecular formula is C43H38N2OS. The quantitative estimate of drug-likeness (QED) is 0.220. The summed E-state index contributed by atoms with van der Waals surface area (Å²) >= 11 is 1.85. The Morgan fingerprint density at radius 1 is 0.723 bits per heavy atom. The van der Waals surface area contributed by atoms with E-state index in [1.807, 2.05) is 11.8 Å². The summed E-state index contributed by atoms with van der Waals surface area (Å²) in [5.41, 5.74) is 12.6. The molecule has 0 fully saturated rings. The van der Waals surface area contributed by atoms with Gasteiger partial charge in [0.2, 0.25) is 0 Å². The lowest BCUT2D eigenvalue weighted by Gasteiger charge is -2.49. The van der Waals surface area contributed by atoms with E-state index in [0.717, 1.165) is 51.6 Å². The van der Waals surface area contributed by atoms with Gasteiger partial charge in [0.1, 0.15) is 0 Å². The Bertz CT molecular complexity index is 2080. The first kappa shape index (κ1) is 28.7. The number of anilines is 4. The summed E-state index contributed by atoms with van der Waals surface area (Å²) < 4.78 is 0. The number of para-hydroxylation sites is 3. The lowest BCUT2D eigenvalue weighted by molar-refractivity contribution is 0.102. The van der Waals surface area contributed by atoms with Crippen molar-refractivity contribution in [2.45, 2.75) is 67.6 Å². The van der Waals surface area contributed by atoms with E-state index in [4.69, 9.17) is 0 Å². The molecule has 0 bridgehead atoms. The minimum atomic E-state index is -0.146. The van der Waals surface area contributed by atoms with Gasteiger partial charge in [-0.25, -0.2) is 0 Å². The predicted molar refractivity (Wildman–Crippen MR) is 196 cm³/mol. The van der Waals surface area contributed by atoms with Gasteiger partial charge in [-0.05, 0) is 77.6 Å². The predicted octanol–water partition coefficient (Wildman–Crippen LogP) is 10.7. The van der Waals surface area contributed by atoms with Crippen molar-refractivity contribution in [1.82, 2.24) is 0 Å². The standard InChI is InChI=1S/C43H38N2OS/c1-42(2)29-14-5-9-18-33(29)44(34-19-10-6-15-30(34)42)27-24-25-28-39(26-27)47-38-23-13-22-37(40(38)41(28)46)45-35-20-11-7-16-31(35)43(3,4)32-17-8-12-21-36(32)45/h5-18,20-22,24-26,34,38H,19,23H2,1-4H3. The number of benzene rings is 4. The van der Waals surface area contributed by atoms with Gasteiger partial charge in [0.05, 0.1) is 23.1 Å². The molecule has 4 heteroatoms. The summed E-state index contributed by atoms with van der Waals surface area (Å²) in [6.07, 6.45) is 13.1. The molecule has 0 saturated carbocycles. The van der Waals surface area contributed by atoms with Gasteiger partial charge in [0, 0.05) is 43.5 Å². The Kier molecular flexibility index (Phi) is 6.24. The van der Waals surface area contributed by atoms with Crippen LogP contribution < -0.4 is 9.80 Å². The van der Waals surface area contributed by atoms with Crippen LogP contribution in [0.15, 0.2) is 143 Å². The first-order chi connectivity index (χ1) is 22.8. The highest BCUT2D eigenvalue weighted by atomic mass is 32.2. The van der Waals surface area contributed by atoms with Crippen molar-refractivity contribution in [3.05, 3.63) is 160 Å². The van der Waals surface area contributed by atoms with E-state index in [2.05, 4.69) is 159 Å². The molecule has 3 nitrogen and oxygen atoms in total. The number of nitrogens with zero attached hydrogens (tertiary/aromatic N) is 2. The van der Waals surface area contributed by atoms with Crippen LogP contribution in [0.1, 0.15) is 67.6 Å². The van der Waals surface area contributed by atoms with Crippen LogP contribution in [-0.4, -0.2) is 17.1 Å². The van der Waals surface area contributed by atoms with Gasteiger partial charge in [0.25, 0.3) is 0 Å². The molecule has 3 heterocycles. The summed E-state index contributed by atoms with van der Waals surface area (Å²) in [7, 11) is 0. The Morgan fingerprint density at radius 3 is 2.06 bits per heavy atom. The van der Waals surface area contributed by atoms with Gasteiger partial charge in [-0.3, -0.25) is 4.79 Å². The highest BCUT2D eigenvalue weighted by Crippen LogP contribution is 2.54. The molecule has 0 saturated heterocycles. The van der Waals surface area contributed by atoms with Crippen LogP contribution in [0.25, 0.3) is 0 Å². The topological polar surface area (TPSA) is 23.6 Å². The van der Waals surface area contributed by atoms with Gasteiger partial charge in [-0.15, -0.1) is 11.8 Å². The number of carbonyl (C=O) groups excluding carboxylic acids is 1. The third kappa shape index (κ3) is 4.04. The summed E-state index contributed by atoms with van der Waals surface area (Å²) in [6, 6.07) is 33.0. The van der Waals surface area contributed by atoms with Crippen LogP contribution in [0.5, 0.6) is 0 Å². The molecule has 47 heavy (non-hydrogen) atoms. The van der Waals surface area contributed by atoms with Gasteiger partial charge in [-0.2, -0.15) is 0 Å². The van der Waals surface area contributed by atoms with Gasteiger partial charge < -0.3 is 9.80 Å². The molecule has 232 valence electrons. The van der Waals surface area contributed by atoms with Gasteiger partial charge >= 0.3 is 0 Å². The lowest BCUT2D eigenvalue weighted by Crippen LogP contribution is -2.45. The van der Waals surface area contributed by atoms with Crippen molar-refractivity contribution in [3.63, 3.8) is 0 Å². The first-order valence-electron chi connectivity index (χ1n) is 16.8. The summed E-state index contributed by atoms with van der Waals surface area (Å²) in [6.45, 7) is 9.31. The Labute approximate surface area is 282 Å². The number of hydrogen-bond acceptors (Lipinski definition) is 4. The molecule has 0 radical (unpaired) electrons. The first-order valence-corrected chi connectivity index (χ1v) is 17.7. The smallest absolute Gasteiger partial charge is 0.193 e. The molecule has 4 aromatic carbocycles. The van der Waals surface area contributed by atoms with Crippen LogP contribution in [0, 0.1) is 0 Å². The maximum Gasteiger partial charge on any atom is 0.193 e. The van der Waals surface area contributed by atoms with Crippen LogP contribution in [0.4, 0.5) is 22.7 Å². The molecule has 5 aliphatic rings. The Hall–Kier alpha value is -4.54. The normalized spacial score (nSPS) is 22.8. The molecule has 0 spiro atoms. The van der Waals surface area contributed by atoms with Gasteiger partial charge in [0.15, 0.2) is 5.78 Å². The minimum Gasteiger partial charge on any atom is -0.334 e. The molecule has 4 aromatic rings. The highest BCUT2D eigenvalue weighted by Gasteiger charge is 2.44. The molecule has 2 aliphatic carbocycles. The fourth-order valence-electron chi connectivity index (χ4n) is 8.75. The van der Waals surface area contributed by atoms with Crippen molar-refractivity contribution in [2.24, 2.45) is 0 Å². The third-order valence-electron chi connectivity index (χ3n) is 11.1. The number of hydrogen-bond donors (Lipinski definition) is 0. The van der Waals surface area contributed by atoms with Crippen LogP contribution >= 0.6 is 11.8 Å². The SMILES string of the molecule is CC1(C)C2=CC=CCC2N(c2ccc3c(c2)SC2CC=CC(N4c5ccccc5C(C)(C)c5ccccc54)=C2C3=O)c2ccccc21. The van der Waals surface area contributed by atoms with E-state index in [9.17, 15) is 4.79 Å². The van der Waals surface area contributed by atoms with E-state index in [1.165, 1.54) is 28.0 Å². The summed E-state index contributed by atoms with van der Waals surface area (Å²) in [5.74, 6) is 0.149. The van der Waals surface area contributed by atoms with Gasteiger partial charge in [-0.1, -0.05) is 107 Å². The average Bonchev–Trinajstić information content (AvgIpc) is 3.09. The molecule has 0 aromatic heterocycles.